The number of carbonyl (C=O) groups excluding carboxylic acids is 2. The van der Waals surface area contributed by atoms with Gasteiger partial charge in [0.05, 0.1) is 4.90 Å². The van der Waals surface area contributed by atoms with Crippen molar-refractivity contribution in [1.82, 2.24) is 10.2 Å². The zero-order valence-electron chi connectivity index (χ0n) is 12.1. The molecule has 0 radical (unpaired) electrons. The summed E-state index contributed by atoms with van der Waals surface area (Å²) < 4.78 is 33.3. The van der Waals surface area contributed by atoms with Crippen molar-refractivity contribution >= 4 is 45.3 Å². The van der Waals surface area contributed by atoms with Crippen LogP contribution < -0.4 is 5.32 Å². The van der Waals surface area contributed by atoms with E-state index in [-0.39, 0.29) is 22.8 Å². The zero-order valence-corrected chi connectivity index (χ0v) is 13.7. The van der Waals surface area contributed by atoms with Crippen molar-refractivity contribution in [2.45, 2.75) is 4.90 Å². The number of benzene rings is 1. The van der Waals surface area contributed by atoms with E-state index in [0.29, 0.717) is 0 Å². The lowest BCUT2D eigenvalue weighted by Gasteiger charge is -2.27. The van der Waals surface area contributed by atoms with Gasteiger partial charge in [-0.1, -0.05) is 12.1 Å². The molecule has 0 unspecified atom stereocenters. The number of carbonyl (C=O) groups is 2. The number of nitrogens with one attached hydrogen (secondary N) is 1. The highest BCUT2D eigenvalue weighted by Crippen LogP contribution is 2.25. The Hall–Kier alpha value is -2.56. The van der Waals surface area contributed by atoms with Crippen LogP contribution in [0.1, 0.15) is 5.56 Å². The summed E-state index contributed by atoms with van der Waals surface area (Å²) in [4.78, 5) is 24.5. The SMILES string of the molecule is C=CCN1C(=O)/C(=C/c2ccc(O)c(S(=O)(=O)[O-])c2)C(=O)NC1=S. The van der Waals surface area contributed by atoms with E-state index < -0.39 is 32.6 Å². The summed E-state index contributed by atoms with van der Waals surface area (Å²) in [6, 6.07) is 3.10. The van der Waals surface area contributed by atoms with E-state index in [1.807, 2.05) is 0 Å². The molecule has 24 heavy (non-hydrogen) atoms. The van der Waals surface area contributed by atoms with Gasteiger partial charge in [0.25, 0.3) is 11.8 Å². The van der Waals surface area contributed by atoms with Crippen LogP contribution in [0.3, 0.4) is 0 Å². The van der Waals surface area contributed by atoms with E-state index in [4.69, 9.17) is 12.2 Å². The monoisotopic (exact) mass is 367 g/mol. The van der Waals surface area contributed by atoms with Crippen molar-refractivity contribution < 1.29 is 27.7 Å². The maximum Gasteiger partial charge on any atom is 0.265 e. The quantitative estimate of drug-likeness (QED) is 0.254. The molecule has 1 fully saturated rings. The molecule has 0 bridgehead atoms. The standard InChI is InChI=1S/C14H12N2O6S2/c1-2-5-16-13(19)9(12(18)15-14(16)23)6-8-3-4-10(17)11(7-8)24(20,21)22/h2-4,6-7,17H,1,5H2,(H,15,18,23)(H,20,21,22)/p-1/b9-6+. The van der Waals surface area contributed by atoms with Crippen LogP contribution >= 0.6 is 12.2 Å². The molecule has 0 spiro atoms. The van der Waals surface area contributed by atoms with Gasteiger partial charge in [0, 0.05) is 6.54 Å². The second-order valence-electron chi connectivity index (χ2n) is 4.70. The maximum absolute atomic E-state index is 12.3. The molecule has 1 aromatic carbocycles. The lowest BCUT2D eigenvalue weighted by molar-refractivity contribution is -0.128. The Bertz CT molecular complexity index is 889. The van der Waals surface area contributed by atoms with E-state index in [1.165, 1.54) is 12.1 Å². The van der Waals surface area contributed by atoms with Gasteiger partial charge in [-0.3, -0.25) is 19.8 Å². The summed E-state index contributed by atoms with van der Waals surface area (Å²) in [6.07, 6.45) is 2.52. The van der Waals surface area contributed by atoms with Gasteiger partial charge in [-0.05, 0) is 36.0 Å². The lowest BCUT2D eigenvalue weighted by atomic mass is 10.1. The predicted molar refractivity (Wildman–Crippen MR) is 86.7 cm³/mol. The van der Waals surface area contributed by atoms with Gasteiger partial charge in [0.15, 0.2) is 5.11 Å². The fraction of sp³-hybridized carbons (Fsp3) is 0.0714. The third kappa shape index (κ3) is 3.50. The number of hydrogen-bond acceptors (Lipinski definition) is 7. The van der Waals surface area contributed by atoms with E-state index in [1.54, 1.807) is 0 Å². The second-order valence-corrected chi connectivity index (χ2v) is 6.44. The van der Waals surface area contributed by atoms with Crippen molar-refractivity contribution in [3.8, 4) is 5.75 Å². The lowest BCUT2D eigenvalue weighted by Crippen LogP contribution is -2.53. The van der Waals surface area contributed by atoms with Crippen molar-refractivity contribution in [1.29, 1.82) is 0 Å². The first-order valence-corrected chi connectivity index (χ1v) is 8.25. The smallest absolute Gasteiger partial charge is 0.265 e. The topological polar surface area (TPSA) is 127 Å². The van der Waals surface area contributed by atoms with Crippen LogP contribution in [0.25, 0.3) is 6.08 Å². The summed E-state index contributed by atoms with van der Waals surface area (Å²) in [5.74, 6) is -2.17. The van der Waals surface area contributed by atoms with Crippen molar-refractivity contribution in [2.75, 3.05) is 6.54 Å². The van der Waals surface area contributed by atoms with Gasteiger partial charge in [-0.25, -0.2) is 8.42 Å². The summed E-state index contributed by atoms with van der Waals surface area (Å²) >= 11 is 4.90. The van der Waals surface area contributed by atoms with Crippen molar-refractivity contribution in [3.63, 3.8) is 0 Å². The fourth-order valence-corrected chi connectivity index (χ4v) is 2.83. The first kappa shape index (κ1) is 17.8. The van der Waals surface area contributed by atoms with Crippen LogP contribution in [0.2, 0.25) is 0 Å². The molecule has 1 aliphatic heterocycles. The number of hydrogen-bond donors (Lipinski definition) is 2. The number of rotatable bonds is 4. The van der Waals surface area contributed by atoms with Gasteiger partial charge in [0.1, 0.15) is 21.4 Å². The number of amides is 2. The Morgan fingerprint density at radius 1 is 1.38 bits per heavy atom. The molecule has 1 aromatic rings. The van der Waals surface area contributed by atoms with Crippen LogP contribution in [0.15, 0.2) is 41.3 Å². The highest BCUT2D eigenvalue weighted by atomic mass is 32.2. The molecule has 0 aliphatic carbocycles. The number of phenols is 1. The average Bonchev–Trinajstić information content (AvgIpc) is 2.48. The van der Waals surface area contributed by atoms with E-state index >= 15 is 0 Å². The molecule has 126 valence electrons. The minimum Gasteiger partial charge on any atom is -0.744 e. The van der Waals surface area contributed by atoms with E-state index in [2.05, 4.69) is 11.9 Å². The Kier molecular flexibility index (Phi) is 4.83. The number of nitrogens with zero attached hydrogens (tertiary/aromatic N) is 1. The van der Waals surface area contributed by atoms with Crippen LogP contribution in [0.4, 0.5) is 0 Å². The molecule has 0 aromatic heterocycles. The second kappa shape index (κ2) is 6.51. The molecule has 8 nitrogen and oxygen atoms in total. The highest BCUT2D eigenvalue weighted by molar-refractivity contribution is 7.85. The summed E-state index contributed by atoms with van der Waals surface area (Å²) in [7, 11) is -4.91. The molecular formula is C14H11N2O6S2-. The number of phenolic OH excluding ortho intramolecular Hbond substituents is 1. The van der Waals surface area contributed by atoms with Gasteiger partial charge >= 0.3 is 0 Å². The normalized spacial score (nSPS) is 17.1. The van der Waals surface area contributed by atoms with Crippen LogP contribution in [-0.2, 0) is 19.7 Å². The summed E-state index contributed by atoms with van der Waals surface area (Å²) in [6.45, 7) is 3.56. The molecule has 1 heterocycles. The van der Waals surface area contributed by atoms with Gasteiger partial charge in [0.2, 0.25) is 0 Å². The largest absolute Gasteiger partial charge is 0.744 e. The molecule has 2 amide bonds. The molecule has 0 atom stereocenters. The van der Waals surface area contributed by atoms with Gasteiger partial charge < -0.3 is 9.66 Å². The van der Waals surface area contributed by atoms with E-state index in [9.17, 15) is 27.7 Å². The molecule has 2 N–H and O–H groups in total. The minimum atomic E-state index is -4.91. The van der Waals surface area contributed by atoms with Gasteiger partial charge in [-0.2, -0.15) is 0 Å². The molecule has 1 aliphatic rings. The van der Waals surface area contributed by atoms with Crippen molar-refractivity contribution in [2.24, 2.45) is 0 Å². The van der Waals surface area contributed by atoms with E-state index in [0.717, 1.165) is 23.1 Å². The minimum absolute atomic E-state index is 0.0735. The summed E-state index contributed by atoms with van der Waals surface area (Å²) in [5.41, 5.74) is -0.225. The maximum atomic E-state index is 12.3. The molecule has 0 saturated carbocycles. The third-order valence-electron chi connectivity index (χ3n) is 3.06. The van der Waals surface area contributed by atoms with Gasteiger partial charge in [-0.15, -0.1) is 6.58 Å². The van der Waals surface area contributed by atoms with Crippen LogP contribution in [-0.4, -0.2) is 46.4 Å². The van der Waals surface area contributed by atoms with Crippen LogP contribution in [0, 0.1) is 0 Å². The Labute approximate surface area is 142 Å². The number of aromatic hydroxyl groups is 1. The average molecular weight is 367 g/mol. The summed E-state index contributed by atoms with van der Waals surface area (Å²) in [5, 5.41) is 11.7. The Morgan fingerprint density at radius 2 is 2.04 bits per heavy atom. The molecule has 2 rings (SSSR count). The predicted octanol–water partition coefficient (Wildman–Crippen LogP) is 0.109. The first-order valence-electron chi connectivity index (χ1n) is 6.44. The first-order chi connectivity index (χ1) is 11.1. The third-order valence-corrected chi connectivity index (χ3v) is 4.25. The number of thiocarbonyl (C=S) groups is 1. The Balaban J connectivity index is 2.50. The Morgan fingerprint density at radius 3 is 2.62 bits per heavy atom. The molecule has 10 heteroatoms. The zero-order chi connectivity index (χ0) is 18.1. The molecular weight excluding hydrogens is 356 g/mol. The van der Waals surface area contributed by atoms with Crippen molar-refractivity contribution in [3.05, 3.63) is 42.0 Å². The highest BCUT2D eigenvalue weighted by Gasteiger charge is 2.32. The fourth-order valence-electron chi connectivity index (χ4n) is 1.98. The molecule has 1 saturated heterocycles. The van der Waals surface area contributed by atoms with Crippen LogP contribution in [0.5, 0.6) is 5.75 Å².